The van der Waals surface area contributed by atoms with Crippen molar-refractivity contribution >= 4 is 11.6 Å². The molecule has 1 rings (SSSR count). The third kappa shape index (κ3) is 5.78. The number of carbonyl (C=O) groups is 1. The monoisotopic (exact) mass is 295 g/mol. The maximum absolute atomic E-state index is 11.5. The lowest BCUT2D eigenvalue weighted by atomic mass is 10.2. The Morgan fingerprint density at radius 1 is 1.43 bits per heavy atom. The molecule has 0 radical (unpaired) electrons. The van der Waals surface area contributed by atoms with Gasteiger partial charge in [0.1, 0.15) is 0 Å². The van der Waals surface area contributed by atoms with Gasteiger partial charge in [0.2, 0.25) is 5.91 Å². The first kappa shape index (κ1) is 16.9. The number of benzene rings is 1. The Bertz CT molecular complexity index is 503. The van der Waals surface area contributed by atoms with Crippen LogP contribution in [0.25, 0.3) is 0 Å². The zero-order valence-electron chi connectivity index (χ0n) is 12.5. The van der Waals surface area contributed by atoms with Crippen LogP contribution < -0.4 is 15.4 Å². The lowest BCUT2D eigenvalue weighted by Crippen LogP contribution is -2.35. The molecule has 1 amide bonds. The number of hydrogen-bond donors (Lipinski definition) is 2. The Morgan fingerprint density at radius 3 is 2.71 bits per heavy atom. The number of nitrogens with zero attached hydrogens (tertiary/aromatic N) is 1. The number of ether oxygens (including phenoxy) is 1. The molecule has 0 aliphatic carbocycles. The number of nitro groups is 1. The molecule has 0 aromatic heterocycles. The molecule has 7 nitrogen and oxygen atoms in total. The van der Waals surface area contributed by atoms with E-state index in [1.807, 2.05) is 13.8 Å². The molecule has 0 aliphatic heterocycles. The molecule has 0 fully saturated rings. The van der Waals surface area contributed by atoms with Crippen LogP contribution >= 0.6 is 0 Å². The molecular formula is C14H21N3O4. The molecule has 0 bridgehead atoms. The van der Waals surface area contributed by atoms with Crippen LogP contribution in [-0.4, -0.2) is 31.0 Å². The van der Waals surface area contributed by atoms with Crippen LogP contribution in [0.2, 0.25) is 0 Å². The predicted molar refractivity (Wildman–Crippen MR) is 79.2 cm³/mol. The number of nitro benzene ring substituents is 1. The van der Waals surface area contributed by atoms with Crippen LogP contribution in [0.1, 0.15) is 19.4 Å². The van der Waals surface area contributed by atoms with Gasteiger partial charge in [-0.15, -0.1) is 0 Å². The topological polar surface area (TPSA) is 93.5 Å². The zero-order valence-corrected chi connectivity index (χ0v) is 12.5. The largest absolute Gasteiger partial charge is 0.490 e. The van der Waals surface area contributed by atoms with Crippen molar-refractivity contribution in [3.63, 3.8) is 0 Å². The first-order valence-corrected chi connectivity index (χ1v) is 6.72. The minimum absolute atomic E-state index is 0.0824. The second-order valence-corrected chi connectivity index (χ2v) is 5.06. The molecule has 2 N–H and O–H groups in total. The van der Waals surface area contributed by atoms with Crippen molar-refractivity contribution in [1.82, 2.24) is 10.6 Å². The van der Waals surface area contributed by atoms with Crippen LogP contribution in [0, 0.1) is 16.0 Å². The van der Waals surface area contributed by atoms with Crippen molar-refractivity contribution < 1.29 is 14.5 Å². The molecule has 116 valence electrons. The Labute approximate surface area is 123 Å². The van der Waals surface area contributed by atoms with Gasteiger partial charge in [0.25, 0.3) is 0 Å². The van der Waals surface area contributed by atoms with E-state index in [1.165, 1.54) is 13.2 Å². The normalized spacial score (nSPS) is 10.5. The van der Waals surface area contributed by atoms with E-state index in [0.717, 1.165) is 5.56 Å². The van der Waals surface area contributed by atoms with E-state index in [-0.39, 0.29) is 23.9 Å². The summed E-state index contributed by atoms with van der Waals surface area (Å²) < 4.78 is 4.93. The van der Waals surface area contributed by atoms with Crippen LogP contribution in [-0.2, 0) is 11.3 Å². The second kappa shape index (κ2) is 8.21. The molecular weight excluding hydrogens is 274 g/mol. The minimum atomic E-state index is -0.488. The van der Waals surface area contributed by atoms with Gasteiger partial charge >= 0.3 is 5.69 Å². The summed E-state index contributed by atoms with van der Waals surface area (Å²) in [6.45, 7) is 5.22. The van der Waals surface area contributed by atoms with Gasteiger partial charge in [0.15, 0.2) is 5.75 Å². The van der Waals surface area contributed by atoms with Crippen LogP contribution in [0.5, 0.6) is 5.75 Å². The summed E-state index contributed by atoms with van der Waals surface area (Å²) >= 11 is 0. The first-order chi connectivity index (χ1) is 9.93. The fourth-order valence-corrected chi connectivity index (χ4v) is 1.69. The lowest BCUT2D eigenvalue weighted by molar-refractivity contribution is -0.385. The van der Waals surface area contributed by atoms with Crippen molar-refractivity contribution in [2.45, 2.75) is 20.4 Å². The van der Waals surface area contributed by atoms with Gasteiger partial charge in [-0.3, -0.25) is 14.9 Å². The molecule has 1 aromatic rings. The summed E-state index contributed by atoms with van der Waals surface area (Å²) in [7, 11) is 1.39. The summed E-state index contributed by atoms with van der Waals surface area (Å²) in [5.41, 5.74) is 0.639. The summed E-state index contributed by atoms with van der Waals surface area (Å²) in [6.07, 6.45) is 0. The van der Waals surface area contributed by atoms with Gasteiger partial charge in [-0.25, -0.2) is 0 Å². The highest BCUT2D eigenvalue weighted by Crippen LogP contribution is 2.27. The number of carbonyl (C=O) groups excluding carboxylic acids is 1. The molecule has 1 aromatic carbocycles. The highest BCUT2D eigenvalue weighted by atomic mass is 16.6. The summed E-state index contributed by atoms with van der Waals surface area (Å²) in [5.74, 6) is 0.531. The van der Waals surface area contributed by atoms with E-state index in [0.29, 0.717) is 19.0 Å². The fourth-order valence-electron chi connectivity index (χ4n) is 1.69. The van der Waals surface area contributed by atoms with E-state index >= 15 is 0 Å². The average molecular weight is 295 g/mol. The van der Waals surface area contributed by atoms with Gasteiger partial charge in [-0.1, -0.05) is 19.9 Å². The smallest absolute Gasteiger partial charge is 0.311 e. The molecule has 0 spiro atoms. The highest BCUT2D eigenvalue weighted by molar-refractivity contribution is 5.77. The fraction of sp³-hybridized carbons (Fsp3) is 0.500. The molecule has 0 atom stereocenters. The van der Waals surface area contributed by atoms with Crippen LogP contribution in [0.15, 0.2) is 18.2 Å². The van der Waals surface area contributed by atoms with Gasteiger partial charge in [0.05, 0.1) is 18.6 Å². The quantitative estimate of drug-likeness (QED) is 0.559. The summed E-state index contributed by atoms with van der Waals surface area (Å²) in [6, 6.07) is 4.72. The molecule has 0 aliphatic rings. The van der Waals surface area contributed by atoms with E-state index in [2.05, 4.69) is 10.6 Å². The Morgan fingerprint density at radius 2 is 2.14 bits per heavy atom. The van der Waals surface area contributed by atoms with Gasteiger partial charge in [0, 0.05) is 19.2 Å². The Kier molecular flexibility index (Phi) is 6.61. The van der Waals surface area contributed by atoms with Crippen molar-refractivity contribution in [1.29, 1.82) is 0 Å². The Balaban J connectivity index is 2.51. The average Bonchev–Trinajstić information content (AvgIpc) is 2.44. The number of methoxy groups -OCH3 is 1. The maximum atomic E-state index is 11.5. The van der Waals surface area contributed by atoms with E-state index in [1.54, 1.807) is 12.1 Å². The third-order valence-corrected chi connectivity index (χ3v) is 2.76. The van der Waals surface area contributed by atoms with Gasteiger partial charge < -0.3 is 15.4 Å². The van der Waals surface area contributed by atoms with Crippen LogP contribution in [0.3, 0.4) is 0 Å². The number of nitrogens with one attached hydrogen (secondary N) is 2. The molecule has 0 unspecified atom stereocenters. The van der Waals surface area contributed by atoms with E-state index < -0.39 is 4.92 Å². The summed E-state index contributed by atoms with van der Waals surface area (Å²) in [4.78, 5) is 21.9. The van der Waals surface area contributed by atoms with Crippen molar-refractivity contribution in [3.05, 3.63) is 33.9 Å². The number of rotatable bonds is 8. The highest BCUT2D eigenvalue weighted by Gasteiger charge is 2.15. The van der Waals surface area contributed by atoms with E-state index in [9.17, 15) is 14.9 Å². The molecule has 0 saturated carbocycles. The van der Waals surface area contributed by atoms with Crippen molar-refractivity contribution in [2.75, 3.05) is 20.2 Å². The van der Waals surface area contributed by atoms with E-state index in [4.69, 9.17) is 4.74 Å². The second-order valence-electron chi connectivity index (χ2n) is 5.06. The predicted octanol–water partition coefficient (Wildman–Crippen LogP) is 1.47. The molecule has 0 saturated heterocycles. The van der Waals surface area contributed by atoms with Crippen LogP contribution in [0.4, 0.5) is 5.69 Å². The third-order valence-electron chi connectivity index (χ3n) is 2.76. The Hall–Kier alpha value is -2.15. The zero-order chi connectivity index (χ0) is 15.8. The maximum Gasteiger partial charge on any atom is 0.311 e. The number of hydrogen-bond acceptors (Lipinski definition) is 5. The lowest BCUT2D eigenvalue weighted by Gasteiger charge is -2.09. The van der Waals surface area contributed by atoms with Crippen molar-refractivity contribution in [3.8, 4) is 5.75 Å². The standard InChI is InChI=1S/C14H21N3O4/c1-10(2)7-16-14(18)9-15-8-11-4-5-13(21-3)12(6-11)17(19)20/h4-6,10,15H,7-9H2,1-3H3,(H,16,18). The first-order valence-electron chi connectivity index (χ1n) is 6.72. The number of amides is 1. The van der Waals surface area contributed by atoms with Gasteiger partial charge in [-0.2, -0.15) is 0 Å². The molecule has 7 heteroatoms. The molecule has 21 heavy (non-hydrogen) atoms. The minimum Gasteiger partial charge on any atom is -0.490 e. The summed E-state index contributed by atoms with van der Waals surface area (Å²) in [5, 5.41) is 16.6. The van der Waals surface area contributed by atoms with Crippen molar-refractivity contribution in [2.24, 2.45) is 5.92 Å². The van der Waals surface area contributed by atoms with Gasteiger partial charge in [-0.05, 0) is 17.5 Å². The SMILES string of the molecule is COc1ccc(CNCC(=O)NCC(C)C)cc1[N+](=O)[O-]. The molecule has 0 heterocycles.